The molecule has 1 aromatic rings. The fourth-order valence-corrected chi connectivity index (χ4v) is 0.889. The molecule has 4 N–H and O–H groups in total. The van der Waals surface area contributed by atoms with Crippen molar-refractivity contribution >= 4 is 5.91 Å². The predicted octanol–water partition coefficient (Wildman–Crippen LogP) is -1.04. The van der Waals surface area contributed by atoms with Crippen molar-refractivity contribution in [3.63, 3.8) is 0 Å². The Morgan fingerprint density at radius 3 is 2.69 bits per heavy atom. The number of hydrogen-bond acceptors (Lipinski definition) is 4. The molecule has 2 atom stereocenters. The van der Waals surface area contributed by atoms with Crippen LogP contribution in [-0.4, -0.2) is 27.2 Å². The molecule has 5 nitrogen and oxygen atoms in total. The molecule has 1 rings (SSSR count). The molecule has 0 aliphatic carbocycles. The summed E-state index contributed by atoms with van der Waals surface area (Å²) in [7, 11) is 0. The van der Waals surface area contributed by atoms with Crippen molar-refractivity contribution in [1.82, 2.24) is 4.98 Å². The summed E-state index contributed by atoms with van der Waals surface area (Å²) in [5, 5.41) is 18.5. The SMILES string of the molecule is NC(=O)C(O)C(O)c1cccnc1. The summed E-state index contributed by atoms with van der Waals surface area (Å²) in [6.45, 7) is 0. The van der Waals surface area contributed by atoms with Crippen LogP contribution in [0.1, 0.15) is 11.7 Å². The van der Waals surface area contributed by atoms with E-state index in [0.717, 1.165) is 0 Å². The lowest BCUT2D eigenvalue weighted by molar-refractivity contribution is -0.131. The number of rotatable bonds is 3. The van der Waals surface area contributed by atoms with E-state index in [0.29, 0.717) is 5.56 Å². The molecular formula is C8H10N2O3. The van der Waals surface area contributed by atoms with Crippen molar-refractivity contribution < 1.29 is 15.0 Å². The fraction of sp³-hybridized carbons (Fsp3) is 0.250. The molecule has 1 amide bonds. The highest BCUT2D eigenvalue weighted by atomic mass is 16.3. The van der Waals surface area contributed by atoms with Gasteiger partial charge >= 0.3 is 0 Å². The smallest absolute Gasteiger partial charge is 0.249 e. The lowest BCUT2D eigenvalue weighted by Crippen LogP contribution is -2.33. The van der Waals surface area contributed by atoms with Crippen LogP contribution in [0.25, 0.3) is 0 Å². The molecule has 0 radical (unpaired) electrons. The van der Waals surface area contributed by atoms with Crippen molar-refractivity contribution in [2.45, 2.75) is 12.2 Å². The zero-order valence-corrected chi connectivity index (χ0v) is 6.79. The second kappa shape index (κ2) is 3.97. The van der Waals surface area contributed by atoms with Crippen LogP contribution < -0.4 is 5.73 Å². The number of carbonyl (C=O) groups is 1. The van der Waals surface area contributed by atoms with Gasteiger partial charge in [-0.25, -0.2) is 0 Å². The van der Waals surface area contributed by atoms with E-state index in [1.807, 2.05) is 0 Å². The number of pyridine rings is 1. The second-order valence-electron chi connectivity index (χ2n) is 2.58. The minimum Gasteiger partial charge on any atom is -0.385 e. The number of nitrogens with two attached hydrogens (primary N) is 1. The molecule has 0 bridgehead atoms. The lowest BCUT2D eigenvalue weighted by Gasteiger charge is -2.13. The number of primary amides is 1. The zero-order valence-electron chi connectivity index (χ0n) is 6.79. The Hall–Kier alpha value is -1.46. The molecule has 0 saturated carbocycles. The monoisotopic (exact) mass is 182 g/mol. The predicted molar refractivity (Wildman–Crippen MR) is 44.4 cm³/mol. The van der Waals surface area contributed by atoms with Crippen molar-refractivity contribution in [2.75, 3.05) is 0 Å². The van der Waals surface area contributed by atoms with E-state index >= 15 is 0 Å². The molecule has 2 unspecified atom stereocenters. The van der Waals surface area contributed by atoms with E-state index < -0.39 is 18.1 Å². The molecule has 0 aromatic carbocycles. The fourth-order valence-electron chi connectivity index (χ4n) is 0.889. The van der Waals surface area contributed by atoms with Gasteiger partial charge in [-0.05, 0) is 6.07 Å². The van der Waals surface area contributed by atoms with Gasteiger partial charge in [-0.2, -0.15) is 0 Å². The number of aliphatic hydroxyl groups excluding tert-OH is 2. The molecule has 0 saturated heterocycles. The van der Waals surface area contributed by atoms with Crippen LogP contribution in [0.3, 0.4) is 0 Å². The van der Waals surface area contributed by atoms with Crippen molar-refractivity contribution in [3.05, 3.63) is 30.1 Å². The van der Waals surface area contributed by atoms with Crippen LogP contribution in [0.2, 0.25) is 0 Å². The van der Waals surface area contributed by atoms with Crippen LogP contribution in [0.5, 0.6) is 0 Å². The Kier molecular flexibility index (Phi) is 2.94. The summed E-state index contributed by atoms with van der Waals surface area (Å²) in [5.74, 6) is -0.962. The van der Waals surface area contributed by atoms with Gasteiger partial charge in [0.25, 0.3) is 0 Å². The average Bonchev–Trinajstić information content (AvgIpc) is 2.17. The van der Waals surface area contributed by atoms with Gasteiger partial charge in [-0.15, -0.1) is 0 Å². The minimum atomic E-state index is -1.59. The maximum atomic E-state index is 10.5. The third-order valence-corrected chi connectivity index (χ3v) is 1.62. The van der Waals surface area contributed by atoms with Crippen LogP contribution in [0.4, 0.5) is 0 Å². The number of nitrogens with zero attached hydrogens (tertiary/aromatic N) is 1. The highest BCUT2D eigenvalue weighted by Gasteiger charge is 2.23. The van der Waals surface area contributed by atoms with Crippen molar-refractivity contribution in [3.8, 4) is 0 Å². The van der Waals surface area contributed by atoms with E-state index in [2.05, 4.69) is 4.98 Å². The summed E-state index contributed by atoms with van der Waals surface area (Å²) < 4.78 is 0. The average molecular weight is 182 g/mol. The molecule has 1 heterocycles. The van der Waals surface area contributed by atoms with Crippen molar-refractivity contribution in [1.29, 1.82) is 0 Å². The Morgan fingerprint density at radius 1 is 1.54 bits per heavy atom. The summed E-state index contributed by atoms with van der Waals surface area (Å²) in [6.07, 6.45) is -0.0284. The van der Waals surface area contributed by atoms with E-state index in [1.54, 1.807) is 12.1 Å². The zero-order chi connectivity index (χ0) is 9.84. The molecule has 1 aromatic heterocycles. The molecular weight excluding hydrogens is 172 g/mol. The topological polar surface area (TPSA) is 96.4 Å². The first-order valence-corrected chi connectivity index (χ1v) is 3.68. The van der Waals surface area contributed by atoms with Crippen molar-refractivity contribution in [2.24, 2.45) is 5.73 Å². The molecule has 0 aliphatic heterocycles. The summed E-state index contributed by atoms with van der Waals surface area (Å²) in [6, 6.07) is 3.14. The van der Waals surface area contributed by atoms with Gasteiger partial charge in [0.05, 0.1) is 0 Å². The number of carbonyl (C=O) groups excluding carboxylic acids is 1. The third kappa shape index (κ3) is 2.24. The first-order valence-electron chi connectivity index (χ1n) is 3.68. The minimum absolute atomic E-state index is 0.355. The van der Waals surface area contributed by atoms with Gasteiger partial charge in [0.1, 0.15) is 6.10 Å². The Balaban J connectivity index is 2.79. The number of aromatic nitrogens is 1. The van der Waals surface area contributed by atoms with Crippen LogP contribution in [0, 0.1) is 0 Å². The van der Waals surface area contributed by atoms with E-state index in [1.165, 1.54) is 12.4 Å². The molecule has 70 valence electrons. The maximum absolute atomic E-state index is 10.5. The number of aliphatic hydroxyl groups is 2. The first kappa shape index (κ1) is 9.63. The van der Waals surface area contributed by atoms with Crippen LogP contribution in [0.15, 0.2) is 24.5 Å². The van der Waals surface area contributed by atoms with Gasteiger partial charge in [0.2, 0.25) is 5.91 Å². The largest absolute Gasteiger partial charge is 0.385 e. The van der Waals surface area contributed by atoms with Crippen LogP contribution in [-0.2, 0) is 4.79 Å². The Morgan fingerprint density at radius 2 is 2.23 bits per heavy atom. The van der Waals surface area contributed by atoms with Gasteiger partial charge in [-0.3, -0.25) is 9.78 Å². The number of amides is 1. The lowest BCUT2D eigenvalue weighted by atomic mass is 10.1. The van der Waals surface area contributed by atoms with Gasteiger partial charge < -0.3 is 15.9 Å². The highest BCUT2D eigenvalue weighted by molar-refractivity contribution is 5.79. The first-order chi connectivity index (χ1) is 6.13. The molecule has 13 heavy (non-hydrogen) atoms. The molecule has 5 heteroatoms. The Labute approximate surface area is 74.8 Å². The summed E-state index contributed by atoms with van der Waals surface area (Å²) in [5.41, 5.74) is 5.16. The summed E-state index contributed by atoms with van der Waals surface area (Å²) in [4.78, 5) is 14.2. The second-order valence-corrected chi connectivity index (χ2v) is 2.58. The summed E-state index contributed by atoms with van der Waals surface area (Å²) >= 11 is 0. The third-order valence-electron chi connectivity index (χ3n) is 1.62. The van der Waals surface area contributed by atoms with Gasteiger partial charge in [0, 0.05) is 18.0 Å². The quantitative estimate of drug-likeness (QED) is 0.556. The molecule has 0 spiro atoms. The highest BCUT2D eigenvalue weighted by Crippen LogP contribution is 2.14. The van der Waals surface area contributed by atoms with E-state index in [4.69, 9.17) is 10.8 Å². The number of hydrogen-bond donors (Lipinski definition) is 3. The maximum Gasteiger partial charge on any atom is 0.249 e. The van der Waals surface area contributed by atoms with E-state index in [-0.39, 0.29) is 0 Å². The van der Waals surface area contributed by atoms with Gasteiger partial charge in [0.15, 0.2) is 6.10 Å². The standard InChI is InChI=1S/C8H10N2O3/c9-8(13)7(12)6(11)5-2-1-3-10-4-5/h1-4,6-7,11-12H,(H2,9,13). The molecule has 0 aliphatic rings. The normalized spacial score (nSPS) is 14.9. The van der Waals surface area contributed by atoms with Crippen LogP contribution >= 0.6 is 0 Å². The molecule has 0 fully saturated rings. The van der Waals surface area contributed by atoms with E-state index in [9.17, 15) is 9.90 Å². The Bertz CT molecular complexity index is 289. The van der Waals surface area contributed by atoms with Gasteiger partial charge in [-0.1, -0.05) is 6.07 Å².